The van der Waals surface area contributed by atoms with Crippen molar-refractivity contribution in [2.45, 2.75) is 26.4 Å². The van der Waals surface area contributed by atoms with Gasteiger partial charge in [-0.15, -0.1) is 0 Å². The van der Waals surface area contributed by atoms with E-state index >= 15 is 0 Å². The Balaban J connectivity index is 1.52. The lowest BCUT2D eigenvalue weighted by Gasteiger charge is -2.40. The van der Waals surface area contributed by atoms with Gasteiger partial charge in [-0.1, -0.05) is 35.9 Å². The number of benzene rings is 2. The van der Waals surface area contributed by atoms with Crippen LogP contribution in [-0.2, 0) is 6.54 Å². The number of aromatic hydroxyl groups is 1. The van der Waals surface area contributed by atoms with E-state index in [0.717, 1.165) is 35.6 Å². The number of anilines is 1. The smallest absolute Gasteiger partial charge is 0.260 e. The summed E-state index contributed by atoms with van der Waals surface area (Å²) in [6.45, 7) is 7.01. The number of halogens is 1. The lowest BCUT2D eigenvalue weighted by Crippen LogP contribution is -2.49. The molecule has 0 bridgehead atoms. The van der Waals surface area contributed by atoms with Crippen molar-refractivity contribution in [3.8, 4) is 5.75 Å². The molecule has 1 N–H and O–H groups in total. The first-order valence-electron chi connectivity index (χ1n) is 12.5. The minimum atomic E-state index is -0.404. The predicted octanol–water partition coefficient (Wildman–Crippen LogP) is 4.66. The summed E-state index contributed by atoms with van der Waals surface area (Å²) < 4.78 is 15.1. The number of nitrogens with zero attached hydrogens (tertiary/aromatic N) is 4. The molecule has 1 atom stereocenters. The van der Waals surface area contributed by atoms with E-state index in [1.165, 1.54) is 12.1 Å². The molecular weight excluding hydrogens is 467 g/mol. The molecule has 190 valence electrons. The van der Waals surface area contributed by atoms with Crippen molar-refractivity contribution in [2.75, 3.05) is 31.1 Å². The van der Waals surface area contributed by atoms with E-state index in [-0.39, 0.29) is 17.1 Å². The third-order valence-electron chi connectivity index (χ3n) is 7.11. The molecule has 1 aliphatic heterocycles. The molecule has 0 amide bonds. The van der Waals surface area contributed by atoms with E-state index in [0.29, 0.717) is 30.9 Å². The van der Waals surface area contributed by atoms with Crippen LogP contribution in [0.3, 0.4) is 0 Å². The molecule has 0 saturated carbocycles. The van der Waals surface area contributed by atoms with Crippen molar-refractivity contribution in [3.05, 3.63) is 123 Å². The van der Waals surface area contributed by atoms with Crippen LogP contribution >= 0.6 is 0 Å². The molecule has 5 rings (SSSR count). The first kappa shape index (κ1) is 24.7. The van der Waals surface area contributed by atoms with Crippen LogP contribution in [0.15, 0.2) is 83.8 Å². The largest absolute Gasteiger partial charge is 0.507 e. The van der Waals surface area contributed by atoms with Crippen molar-refractivity contribution in [1.29, 1.82) is 0 Å². The molecule has 37 heavy (non-hydrogen) atoms. The minimum absolute atomic E-state index is 0.00584. The zero-order valence-corrected chi connectivity index (χ0v) is 21.1. The summed E-state index contributed by atoms with van der Waals surface area (Å²) in [6.07, 6.45) is 1.72. The quantitative estimate of drug-likeness (QED) is 0.419. The van der Waals surface area contributed by atoms with Crippen LogP contribution in [-0.4, -0.2) is 45.7 Å². The summed E-state index contributed by atoms with van der Waals surface area (Å²) in [4.78, 5) is 22.8. The molecule has 4 aromatic rings. The van der Waals surface area contributed by atoms with Crippen LogP contribution in [0.5, 0.6) is 5.75 Å². The Morgan fingerprint density at radius 2 is 1.65 bits per heavy atom. The number of pyridine rings is 2. The third-order valence-corrected chi connectivity index (χ3v) is 7.11. The number of hydrogen-bond acceptors (Lipinski definition) is 5. The number of aryl methyl sites for hydroxylation is 2. The van der Waals surface area contributed by atoms with Gasteiger partial charge in [-0.25, -0.2) is 4.39 Å². The predicted molar refractivity (Wildman–Crippen MR) is 144 cm³/mol. The summed E-state index contributed by atoms with van der Waals surface area (Å²) in [6, 6.07) is 21.6. The van der Waals surface area contributed by atoms with Gasteiger partial charge in [-0.3, -0.25) is 14.7 Å². The average Bonchev–Trinajstić information content (AvgIpc) is 2.91. The Labute approximate surface area is 216 Å². The van der Waals surface area contributed by atoms with Crippen LogP contribution in [0.25, 0.3) is 0 Å². The number of aromatic nitrogens is 2. The number of rotatable bonds is 6. The van der Waals surface area contributed by atoms with E-state index in [2.05, 4.69) is 14.8 Å². The van der Waals surface area contributed by atoms with Gasteiger partial charge < -0.3 is 14.6 Å². The Morgan fingerprint density at radius 1 is 0.946 bits per heavy atom. The molecule has 1 fully saturated rings. The van der Waals surface area contributed by atoms with Crippen molar-refractivity contribution >= 4 is 5.69 Å². The highest BCUT2D eigenvalue weighted by atomic mass is 19.1. The molecule has 0 spiro atoms. The summed E-state index contributed by atoms with van der Waals surface area (Å²) in [5.41, 5.74) is 4.69. The van der Waals surface area contributed by atoms with Gasteiger partial charge in [0.15, 0.2) is 0 Å². The van der Waals surface area contributed by atoms with E-state index in [4.69, 9.17) is 0 Å². The number of hydrogen-bond donors (Lipinski definition) is 1. The normalized spacial score (nSPS) is 15.1. The van der Waals surface area contributed by atoms with Gasteiger partial charge in [0.2, 0.25) is 0 Å². The fourth-order valence-corrected chi connectivity index (χ4v) is 5.07. The zero-order valence-electron chi connectivity index (χ0n) is 21.1. The van der Waals surface area contributed by atoms with Crippen LogP contribution in [0.1, 0.15) is 34.1 Å². The van der Waals surface area contributed by atoms with Gasteiger partial charge >= 0.3 is 0 Å². The van der Waals surface area contributed by atoms with Gasteiger partial charge in [0.1, 0.15) is 11.6 Å². The van der Waals surface area contributed by atoms with Crippen molar-refractivity contribution in [1.82, 2.24) is 14.5 Å². The summed E-state index contributed by atoms with van der Waals surface area (Å²) in [7, 11) is 0. The lowest BCUT2D eigenvalue weighted by molar-refractivity contribution is 0.207. The maximum atomic E-state index is 14.0. The van der Waals surface area contributed by atoms with Gasteiger partial charge in [0, 0.05) is 43.8 Å². The van der Waals surface area contributed by atoms with E-state index in [9.17, 15) is 14.3 Å². The third kappa shape index (κ3) is 5.27. The Kier molecular flexibility index (Phi) is 7.06. The molecule has 0 aliphatic carbocycles. The Hall–Kier alpha value is -3.97. The highest BCUT2D eigenvalue weighted by Gasteiger charge is 2.31. The van der Waals surface area contributed by atoms with Crippen molar-refractivity contribution < 1.29 is 9.50 Å². The summed E-state index contributed by atoms with van der Waals surface area (Å²) in [5, 5.41) is 11.1. The lowest BCUT2D eigenvalue weighted by atomic mass is 9.95. The Bertz CT molecular complexity index is 1410. The minimum Gasteiger partial charge on any atom is -0.507 e. The average molecular weight is 499 g/mol. The molecule has 0 radical (unpaired) electrons. The second-order valence-corrected chi connectivity index (χ2v) is 9.61. The van der Waals surface area contributed by atoms with Crippen molar-refractivity contribution in [3.63, 3.8) is 0 Å². The highest BCUT2D eigenvalue weighted by Crippen LogP contribution is 2.34. The molecule has 1 saturated heterocycles. The van der Waals surface area contributed by atoms with Crippen LogP contribution in [0, 0.1) is 19.7 Å². The number of piperazine rings is 1. The first-order chi connectivity index (χ1) is 17.9. The second kappa shape index (κ2) is 10.6. The molecule has 1 aliphatic rings. The fourth-order valence-electron chi connectivity index (χ4n) is 5.07. The Morgan fingerprint density at radius 3 is 2.30 bits per heavy atom. The molecule has 2 aromatic heterocycles. The topological polar surface area (TPSA) is 61.6 Å². The highest BCUT2D eigenvalue weighted by molar-refractivity contribution is 5.47. The van der Waals surface area contributed by atoms with Crippen LogP contribution in [0.2, 0.25) is 0 Å². The molecular formula is C30H31FN4O2. The molecule has 0 unspecified atom stereocenters. The van der Waals surface area contributed by atoms with Gasteiger partial charge in [-0.05, 0) is 61.9 Å². The SMILES string of the molecule is Cc1ccc([C@H](c2c(O)cc(C)n(Cc3ccccn3)c2=O)N2CCN(c3ccc(F)cc3)CC2)cc1. The van der Waals surface area contributed by atoms with Gasteiger partial charge in [0.25, 0.3) is 5.56 Å². The van der Waals surface area contributed by atoms with Crippen LogP contribution in [0.4, 0.5) is 10.1 Å². The molecule has 3 heterocycles. The summed E-state index contributed by atoms with van der Waals surface area (Å²) in [5.74, 6) is -0.245. The molecule has 2 aromatic carbocycles. The van der Waals surface area contributed by atoms with E-state index < -0.39 is 6.04 Å². The zero-order chi connectivity index (χ0) is 25.9. The van der Waals surface area contributed by atoms with Gasteiger partial charge in [0.05, 0.1) is 23.8 Å². The van der Waals surface area contributed by atoms with E-state index in [1.54, 1.807) is 29.0 Å². The molecule has 6 nitrogen and oxygen atoms in total. The maximum Gasteiger partial charge on any atom is 0.260 e. The monoisotopic (exact) mass is 498 g/mol. The molecule has 7 heteroatoms. The maximum absolute atomic E-state index is 14.0. The van der Waals surface area contributed by atoms with Crippen LogP contribution < -0.4 is 10.5 Å². The first-order valence-corrected chi connectivity index (χ1v) is 12.5. The standard InChI is InChI=1S/C30H31FN4O2/c1-21-6-8-23(9-7-21)29(34-17-15-33(16-18-34)26-12-10-24(31)11-13-26)28-27(36)19-22(2)35(30(28)37)20-25-5-3-4-14-32-25/h3-14,19,29,36H,15-18,20H2,1-2H3/t29-/m1/s1. The fraction of sp³-hybridized carbons (Fsp3) is 0.267. The van der Waals surface area contributed by atoms with E-state index in [1.807, 2.05) is 56.3 Å². The van der Waals surface area contributed by atoms with Crippen molar-refractivity contribution in [2.24, 2.45) is 0 Å². The van der Waals surface area contributed by atoms with Gasteiger partial charge in [-0.2, -0.15) is 0 Å². The second-order valence-electron chi connectivity index (χ2n) is 9.61. The summed E-state index contributed by atoms with van der Waals surface area (Å²) >= 11 is 0.